The largest absolute Gasteiger partial charge is 0.310 e. The molecule has 0 amide bonds. The number of halogens is 3. The van der Waals surface area contributed by atoms with Gasteiger partial charge in [0.25, 0.3) is 0 Å². The monoisotopic (exact) mass is 1270 g/mol. The Bertz CT molecular complexity index is 4270. The summed E-state index contributed by atoms with van der Waals surface area (Å²) < 4.78 is 8.18. The lowest BCUT2D eigenvalue weighted by Gasteiger charge is -2.26. The van der Waals surface area contributed by atoms with Gasteiger partial charge in [0.1, 0.15) is 0 Å². The predicted octanol–water partition coefficient (Wildman–Crippen LogP) is 22.4. The van der Waals surface area contributed by atoms with Crippen LogP contribution in [0.1, 0.15) is 18.6 Å². The Hall–Kier alpha value is -8.27. The number of anilines is 3. The Morgan fingerprint density at radius 2 is 0.662 bits per heavy atom. The van der Waals surface area contributed by atoms with Crippen molar-refractivity contribution in [1.29, 1.82) is 0 Å². The van der Waals surface area contributed by atoms with E-state index in [-0.39, 0.29) is 7.43 Å². The molecule has 2 aromatic heterocycles. The van der Waals surface area contributed by atoms with Gasteiger partial charge in [-0.25, -0.2) is 0 Å². The Morgan fingerprint density at radius 3 is 1.16 bits per heavy atom. The van der Waals surface area contributed by atoms with E-state index in [4.69, 9.17) is 0 Å². The molecule has 0 fully saturated rings. The molecule has 6 heteroatoms. The van der Waals surface area contributed by atoms with Crippen LogP contribution in [0.2, 0.25) is 0 Å². The summed E-state index contributed by atoms with van der Waals surface area (Å²) in [7, 11) is 0. The highest BCUT2D eigenvalue weighted by molar-refractivity contribution is 14.1. The number of aromatic nitrogens is 2. The number of benzene rings is 12. The fraction of sp³-hybridized carbons (Fsp3) is 0.0270. The highest BCUT2D eigenvalue weighted by atomic mass is 127. The number of rotatable bonds is 9. The predicted molar refractivity (Wildman–Crippen MR) is 358 cm³/mol. The number of para-hydroxylation sites is 5. The van der Waals surface area contributed by atoms with Gasteiger partial charge < -0.3 is 14.0 Å². The van der Waals surface area contributed by atoms with Crippen LogP contribution in [0.3, 0.4) is 0 Å². The van der Waals surface area contributed by atoms with Crippen molar-refractivity contribution >= 4 is 115 Å². The van der Waals surface area contributed by atoms with Gasteiger partial charge in [-0.05, 0) is 190 Å². The first-order valence-electron chi connectivity index (χ1n) is 26.3. The van der Waals surface area contributed by atoms with E-state index in [1.165, 1.54) is 91.9 Å². The fourth-order valence-corrected chi connectivity index (χ4v) is 11.4. The van der Waals surface area contributed by atoms with Crippen molar-refractivity contribution in [3.63, 3.8) is 0 Å². The van der Waals surface area contributed by atoms with E-state index in [1.54, 1.807) is 0 Å². The van der Waals surface area contributed by atoms with Gasteiger partial charge in [0, 0.05) is 62.5 Å². The summed E-state index contributed by atoms with van der Waals surface area (Å²) in [5.74, 6) is 0. The van der Waals surface area contributed by atoms with Gasteiger partial charge in [-0.3, -0.25) is 0 Å². The van der Waals surface area contributed by atoms with Crippen molar-refractivity contribution in [2.24, 2.45) is 0 Å². The van der Waals surface area contributed by atoms with Crippen molar-refractivity contribution in [2.45, 2.75) is 13.8 Å². The van der Waals surface area contributed by atoms with Gasteiger partial charge in [-0.15, -0.1) is 0 Å². The molecule has 0 aliphatic carbocycles. The van der Waals surface area contributed by atoms with Crippen molar-refractivity contribution in [1.82, 2.24) is 9.13 Å². The second-order valence-corrected chi connectivity index (χ2v) is 22.4. The van der Waals surface area contributed by atoms with Gasteiger partial charge in [0.2, 0.25) is 0 Å². The standard InChI is InChI=1S/C36H25BrN2.C25H19N.C12H8BrI.CH4/c37-28-19-15-26(16-20-28)27-17-21-31(22-18-27)38(29-9-3-1-4-10-29)32-23-24-36-34(25-32)33-13-7-8-14-35(33)39(36)30-11-5-2-6-12-30;1-3-9-19(10-4-1)17-20-15-16-25-23(18-20)22-13-7-8-14-24(22)26(25)21-11-5-2-6-12-21;13-11-5-1-9(2-6-11)10-3-7-12(14)8-4-10;/h1-25H;1-16,18H,17H2;1-8H;1H4. The third kappa shape index (κ3) is 11.7. The molecule has 0 N–H and O–H groups in total. The zero-order valence-electron chi connectivity index (χ0n) is 43.1. The van der Waals surface area contributed by atoms with Gasteiger partial charge >= 0.3 is 0 Å². The van der Waals surface area contributed by atoms with E-state index in [1.807, 2.05) is 0 Å². The van der Waals surface area contributed by atoms with Crippen LogP contribution in [-0.4, -0.2) is 9.13 Å². The third-order valence-corrected chi connectivity index (χ3v) is 16.0. The molecule has 0 aliphatic heterocycles. The Morgan fingerprint density at radius 1 is 0.300 bits per heavy atom. The maximum Gasteiger partial charge on any atom is 0.0542 e. The molecule has 14 aromatic rings. The molecule has 14 rings (SSSR count). The van der Waals surface area contributed by atoms with Gasteiger partial charge in [-0.1, -0.05) is 215 Å². The lowest BCUT2D eigenvalue weighted by molar-refractivity contribution is 1.17. The maximum atomic E-state index is 3.54. The minimum Gasteiger partial charge on any atom is -0.310 e. The fourth-order valence-electron chi connectivity index (χ4n) is 10.5. The topological polar surface area (TPSA) is 13.1 Å². The normalized spacial score (nSPS) is 10.9. The van der Waals surface area contributed by atoms with Crippen LogP contribution in [0.15, 0.2) is 312 Å². The molecule has 12 aromatic carbocycles. The van der Waals surface area contributed by atoms with E-state index in [0.29, 0.717) is 0 Å². The summed E-state index contributed by atoms with van der Waals surface area (Å²) in [6, 6.07) is 108. The minimum absolute atomic E-state index is 0. The molecule has 80 heavy (non-hydrogen) atoms. The van der Waals surface area contributed by atoms with Crippen LogP contribution in [-0.2, 0) is 6.42 Å². The highest BCUT2D eigenvalue weighted by Gasteiger charge is 2.18. The lowest BCUT2D eigenvalue weighted by atomic mass is 10.0. The van der Waals surface area contributed by atoms with Crippen LogP contribution in [0.5, 0.6) is 0 Å². The van der Waals surface area contributed by atoms with Crippen molar-refractivity contribution < 1.29 is 0 Å². The van der Waals surface area contributed by atoms with Crippen LogP contribution in [0.25, 0.3) is 77.2 Å². The second-order valence-electron chi connectivity index (χ2n) is 19.3. The van der Waals surface area contributed by atoms with E-state index < -0.39 is 0 Å². The van der Waals surface area contributed by atoms with Crippen molar-refractivity contribution in [2.75, 3.05) is 4.90 Å². The Balaban J connectivity index is 0.000000141. The van der Waals surface area contributed by atoms with E-state index in [0.717, 1.165) is 32.4 Å². The van der Waals surface area contributed by atoms with E-state index >= 15 is 0 Å². The molecule has 0 atom stereocenters. The minimum atomic E-state index is 0. The zero-order chi connectivity index (χ0) is 53.5. The third-order valence-electron chi connectivity index (χ3n) is 14.3. The molecule has 3 nitrogen and oxygen atoms in total. The van der Waals surface area contributed by atoms with Crippen molar-refractivity contribution in [3.8, 4) is 33.6 Å². The zero-order valence-corrected chi connectivity index (χ0v) is 48.4. The van der Waals surface area contributed by atoms with Crippen molar-refractivity contribution in [3.05, 3.63) is 327 Å². The molecule has 2 heterocycles. The summed E-state index contributed by atoms with van der Waals surface area (Å²) >= 11 is 9.28. The maximum absolute atomic E-state index is 3.54. The molecule has 0 unspecified atom stereocenters. The lowest BCUT2D eigenvalue weighted by Crippen LogP contribution is -2.09. The quantitative estimate of drug-likeness (QED) is 0.131. The Kier molecular flexibility index (Phi) is 16.7. The van der Waals surface area contributed by atoms with Crippen LogP contribution < -0.4 is 4.90 Å². The van der Waals surface area contributed by atoms with E-state index in [2.05, 4.69) is 372 Å². The van der Waals surface area contributed by atoms with Gasteiger partial charge in [-0.2, -0.15) is 0 Å². The highest BCUT2D eigenvalue weighted by Crippen LogP contribution is 2.41. The first kappa shape index (κ1) is 53.7. The molecule has 0 bridgehead atoms. The Labute approximate surface area is 499 Å². The number of nitrogens with zero attached hydrogens (tertiary/aromatic N) is 3. The number of hydrogen-bond acceptors (Lipinski definition) is 1. The first-order valence-corrected chi connectivity index (χ1v) is 29.0. The summed E-state index contributed by atoms with van der Waals surface area (Å²) in [6.45, 7) is 0. The van der Waals surface area contributed by atoms with Crippen LogP contribution >= 0.6 is 54.5 Å². The molecule has 0 saturated heterocycles. The first-order chi connectivity index (χ1) is 38.9. The average Bonchev–Trinajstić information content (AvgIpc) is 4.08. The molecule has 0 aliphatic rings. The number of fused-ring (bicyclic) bond motifs is 6. The number of hydrogen-bond donors (Lipinski definition) is 0. The summed E-state index contributed by atoms with van der Waals surface area (Å²) in [6.07, 6.45) is 0.960. The SMILES string of the molecule is Brc1ccc(-c2ccc(I)cc2)cc1.Brc1ccc(-c2ccc(N(c3ccccc3)c3ccc4c(c3)c3ccccc3n4-c3ccccc3)cc2)cc1.C.c1ccc(Cc2ccc3c(c2)c2ccccc2n3-c2ccccc2)cc1. The molecule has 0 spiro atoms. The summed E-state index contributed by atoms with van der Waals surface area (Å²) in [4.78, 5) is 2.33. The molecule has 0 saturated carbocycles. The smallest absolute Gasteiger partial charge is 0.0542 e. The molecular formula is C74H56Br2IN3. The molecular weight excluding hydrogens is 1220 g/mol. The summed E-state index contributed by atoms with van der Waals surface area (Å²) in [5, 5.41) is 5.11. The average molecular weight is 1270 g/mol. The van der Waals surface area contributed by atoms with E-state index in [9.17, 15) is 0 Å². The summed E-state index contributed by atoms with van der Waals surface area (Å²) in [5.41, 5.74) is 18.3. The molecule has 0 radical (unpaired) electrons. The van der Waals surface area contributed by atoms with Gasteiger partial charge in [0.15, 0.2) is 0 Å². The van der Waals surface area contributed by atoms with Gasteiger partial charge in [0.05, 0.1) is 22.1 Å². The second kappa shape index (κ2) is 24.8. The van der Waals surface area contributed by atoms with Crippen LogP contribution in [0.4, 0.5) is 17.1 Å². The van der Waals surface area contributed by atoms with Crippen LogP contribution in [0, 0.1) is 3.57 Å². The molecule has 388 valence electrons.